The maximum Gasteiger partial charge on any atom is 0.231 e. The quantitative estimate of drug-likeness (QED) is 0.730. The summed E-state index contributed by atoms with van der Waals surface area (Å²) < 4.78 is 0. The van der Waals surface area contributed by atoms with E-state index in [1.165, 1.54) is 12.8 Å². The van der Waals surface area contributed by atoms with E-state index in [9.17, 15) is 5.11 Å². The van der Waals surface area contributed by atoms with E-state index in [1.807, 2.05) is 7.05 Å². The third kappa shape index (κ3) is 2.92. The van der Waals surface area contributed by atoms with Crippen LogP contribution in [0.3, 0.4) is 0 Å². The minimum atomic E-state index is -0.117. The molecule has 2 aliphatic rings. The topological polar surface area (TPSA) is 86.2 Å². The molecule has 0 atom stereocenters. The van der Waals surface area contributed by atoms with Gasteiger partial charge >= 0.3 is 0 Å². The normalized spacial score (nSPS) is 25.4. The molecule has 1 aromatic rings. The molecule has 2 fully saturated rings. The standard InChI is InChI=1S/C13H22N6O/c1-14-11-16-12(15-8-9-6-10(20)7-9)18-13(17-11)19-4-2-3-5-19/h9-10,20H,2-8H2,1H3,(H2,14,15,16,17,18). The summed E-state index contributed by atoms with van der Waals surface area (Å²) >= 11 is 0. The van der Waals surface area contributed by atoms with Crippen molar-refractivity contribution in [2.24, 2.45) is 5.92 Å². The van der Waals surface area contributed by atoms with Crippen LogP contribution in [0, 0.1) is 5.92 Å². The third-order valence-corrected chi connectivity index (χ3v) is 4.00. The molecule has 7 heteroatoms. The van der Waals surface area contributed by atoms with Gasteiger partial charge in [-0.1, -0.05) is 0 Å². The summed E-state index contributed by atoms with van der Waals surface area (Å²) in [5.74, 6) is 2.48. The van der Waals surface area contributed by atoms with Crippen LogP contribution < -0.4 is 15.5 Å². The molecule has 0 amide bonds. The molecule has 7 nitrogen and oxygen atoms in total. The van der Waals surface area contributed by atoms with E-state index in [0.717, 1.165) is 38.4 Å². The minimum absolute atomic E-state index is 0.117. The number of hydrogen-bond acceptors (Lipinski definition) is 7. The van der Waals surface area contributed by atoms with Crippen LogP contribution in [-0.2, 0) is 0 Å². The highest BCUT2D eigenvalue weighted by molar-refractivity contribution is 5.44. The van der Waals surface area contributed by atoms with Gasteiger partial charge in [-0.2, -0.15) is 15.0 Å². The summed E-state index contributed by atoms with van der Waals surface area (Å²) in [6.45, 7) is 2.84. The van der Waals surface area contributed by atoms with Crippen molar-refractivity contribution in [1.29, 1.82) is 0 Å². The Morgan fingerprint density at radius 3 is 2.50 bits per heavy atom. The number of anilines is 3. The van der Waals surface area contributed by atoms with Crippen LogP contribution in [-0.4, -0.2) is 52.8 Å². The Morgan fingerprint density at radius 2 is 1.85 bits per heavy atom. The van der Waals surface area contributed by atoms with Crippen molar-refractivity contribution < 1.29 is 5.11 Å². The fourth-order valence-electron chi connectivity index (χ4n) is 2.72. The van der Waals surface area contributed by atoms with Crippen LogP contribution in [0.1, 0.15) is 25.7 Å². The minimum Gasteiger partial charge on any atom is -0.393 e. The average Bonchev–Trinajstić information content (AvgIpc) is 2.96. The van der Waals surface area contributed by atoms with Crippen LogP contribution in [0.4, 0.5) is 17.8 Å². The van der Waals surface area contributed by atoms with E-state index in [1.54, 1.807) is 0 Å². The molecular weight excluding hydrogens is 256 g/mol. The number of aromatic nitrogens is 3. The van der Waals surface area contributed by atoms with Crippen molar-refractivity contribution in [3.63, 3.8) is 0 Å². The van der Waals surface area contributed by atoms with Gasteiger partial charge in [-0.05, 0) is 31.6 Å². The second-order valence-electron chi connectivity index (χ2n) is 5.60. The second kappa shape index (κ2) is 5.78. The fraction of sp³-hybridized carbons (Fsp3) is 0.769. The van der Waals surface area contributed by atoms with Gasteiger partial charge in [-0.25, -0.2) is 0 Å². The lowest BCUT2D eigenvalue weighted by molar-refractivity contribution is 0.0486. The van der Waals surface area contributed by atoms with Crippen LogP contribution in [0.5, 0.6) is 0 Å². The molecule has 2 heterocycles. The van der Waals surface area contributed by atoms with Crippen LogP contribution in [0.2, 0.25) is 0 Å². The smallest absolute Gasteiger partial charge is 0.231 e. The number of nitrogens with one attached hydrogen (secondary N) is 2. The molecule has 20 heavy (non-hydrogen) atoms. The molecule has 1 saturated carbocycles. The lowest BCUT2D eigenvalue weighted by atomic mass is 9.82. The summed E-state index contributed by atoms with van der Waals surface area (Å²) in [6, 6.07) is 0. The van der Waals surface area contributed by atoms with Gasteiger partial charge in [0.2, 0.25) is 17.8 Å². The van der Waals surface area contributed by atoms with Gasteiger partial charge in [-0.15, -0.1) is 0 Å². The Bertz CT molecular complexity index is 456. The van der Waals surface area contributed by atoms with Crippen LogP contribution >= 0.6 is 0 Å². The zero-order valence-electron chi connectivity index (χ0n) is 11.8. The summed E-state index contributed by atoms with van der Waals surface area (Å²) in [5.41, 5.74) is 0. The highest BCUT2D eigenvalue weighted by atomic mass is 16.3. The Labute approximate surface area is 118 Å². The zero-order chi connectivity index (χ0) is 13.9. The molecule has 0 aromatic carbocycles. The molecule has 0 bridgehead atoms. The molecule has 110 valence electrons. The van der Waals surface area contributed by atoms with Crippen LogP contribution in [0.25, 0.3) is 0 Å². The van der Waals surface area contributed by atoms with E-state index >= 15 is 0 Å². The monoisotopic (exact) mass is 278 g/mol. The lowest BCUT2D eigenvalue weighted by Crippen LogP contribution is -2.33. The van der Waals surface area contributed by atoms with Gasteiger partial charge in [0, 0.05) is 26.7 Å². The highest BCUT2D eigenvalue weighted by Gasteiger charge is 2.27. The predicted molar refractivity (Wildman–Crippen MR) is 78.0 cm³/mol. The molecule has 3 rings (SSSR count). The Balaban J connectivity index is 1.67. The molecule has 1 aliphatic carbocycles. The molecule has 0 radical (unpaired) electrons. The molecular formula is C13H22N6O. The first-order chi connectivity index (χ1) is 9.74. The maximum absolute atomic E-state index is 9.30. The van der Waals surface area contributed by atoms with Crippen molar-refractivity contribution in [2.45, 2.75) is 31.8 Å². The average molecular weight is 278 g/mol. The predicted octanol–water partition coefficient (Wildman–Crippen LogP) is 0.696. The van der Waals surface area contributed by atoms with Gasteiger partial charge in [0.15, 0.2) is 0 Å². The Morgan fingerprint density at radius 1 is 1.15 bits per heavy atom. The number of nitrogens with zero attached hydrogens (tertiary/aromatic N) is 4. The van der Waals surface area contributed by atoms with Crippen LogP contribution in [0.15, 0.2) is 0 Å². The lowest BCUT2D eigenvalue weighted by Gasteiger charge is -2.31. The third-order valence-electron chi connectivity index (χ3n) is 4.00. The molecule has 3 N–H and O–H groups in total. The van der Waals surface area contributed by atoms with Gasteiger partial charge in [0.1, 0.15) is 0 Å². The number of hydrogen-bond donors (Lipinski definition) is 3. The molecule has 0 spiro atoms. The van der Waals surface area contributed by atoms with Crippen molar-refractivity contribution in [2.75, 3.05) is 42.2 Å². The van der Waals surface area contributed by atoms with Gasteiger partial charge in [0.25, 0.3) is 0 Å². The van der Waals surface area contributed by atoms with Gasteiger partial charge in [-0.3, -0.25) is 0 Å². The van der Waals surface area contributed by atoms with E-state index in [4.69, 9.17) is 0 Å². The van der Waals surface area contributed by atoms with Crippen molar-refractivity contribution in [3.8, 4) is 0 Å². The first-order valence-electron chi connectivity index (χ1n) is 7.35. The molecule has 0 unspecified atom stereocenters. The van der Waals surface area contributed by atoms with Gasteiger partial charge in [0.05, 0.1) is 6.10 Å². The Kier molecular flexibility index (Phi) is 3.86. The SMILES string of the molecule is CNc1nc(NCC2CC(O)C2)nc(N2CCCC2)n1. The largest absolute Gasteiger partial charge is 0.393 e. The molecule has 1 aliphatic heterocycles. The van der Waals surface area contributed by atoms with E-state index in [-0.39, 0.29) is 6.10 Å². The van der Waals surface area contributed by atoms with E-state index in [0.29, 0.717) is 17.8 Å². The van der Waals surface area contributed by atoms with E-state index < -0.39 is 0 Å². The highest BCUT2D eigenvalue weighted by Crippen LogP contribution is 2.27. The maximum atomic E-state index is 9.30. The number of rotatable bonds is 5. The zero-order valence-corrected chi connectivity index (χ0v) is 11.8. The number of aliphatic hydroxyl groups is 1. The molecule has 1 aromatic heterocycles. The summed E-state index contributed by atoms with van der Waals surface area (Å²) in [6.07, 6.45) is 4.02. The number of aliphatic hydroxyl groups excluding tert-OH is 1. The summed E-state index contributed by atoms with van der Waals surface area (Å²) in [5, 5.41) is 15.6. The summed E-state index contributed by atoms with van der Waals surface area (Å²) in [4.78, 5) is 15.5. The van der Waals surface area contributed by atoms with Crippen molar-refractivity contribution in [3.05, 3.63) is 0 Å². The Hall–Kier alpha value is -1.63. The first kappa shape index (κ1) is 13.4. The van der Waals surface area contributed by atoms with E-state index in [2.05, 4.69) is 30.5 Å². The fourth-order valence-corrected chi connectivity index (χ4v) is 2.72. The van der Waals surface area contributed by atoms with Crippen molar-refractivity contribution in [1.82, 2.24) is 15.0 Å². The van der Waals surface area contributed by atoms with Gasteiger partial charge < -0.3 is 20.6 Å². The second-order valence-corrected chi connectivity index (χ2v) is 5.60. The summed E-state index contributed by atoms with van der Waals surface area (Å²) in [7, 11) is 1.81. The first-order valence-corrected chi connectivity index (χ1v) is 7.35. The van der Waals surface area contributed by atoms with Crippen molar-refractivity contribution >= 4 is 17.8 Å². The molecule has 1 saturated heterocycles.